The maximum Gasteiger partial charge on any atom is 0.306 e. The fourth-order valence-electron chi connectivity index (χ4n) is 6.07. The van der Waals surface area contributed by atoms with Gasteiger partial charge in [0, 0.05) is 19.3 Å². The number of ether oxygens (including phenoxy) is 3. The van der Waals surface area contributed by atoms with Gasteiger partial charge < -0.3 is 14.2 Å². The van der Waals surface area contributed by atoms with Gasteiger partial charge in [0.2, 0.25) is 0 Å². The summed E-state index contributed by atoms with van der Waals surface area (Å²) in [4.78, 5) is 37.8. The average Bonchev–Trinajstić information content (AvgIpc) is 3.30. The highest BCUT2D eigenvalue weighted by Crippen LogP contribution is 2.11. The lowest BCUT2D eigenvalue weighted by molar-refractivity contribution is -0.166. The summed E-state index contributed by atoms with van der Waals surface area (Å²) in [5, 5.41) is 0. The predicted molar refractivity (Wildman–Crippen MR) is 279 cm³/mol. The fraction of sp³-hybridized carbons (Fsp3) is 0.542. The zero-order valence-electron chi connectivity index (χ0n) is 41.2. The van der Waals surface area contributed by atoms with E-state index in [1.165, 1.54) is 19.3 Å². The van der Waals surface area contributed by atoms with Crippen LogP contribution in [-0.2, 0) is 28.6 Å². The zero-order chi connectivity index (χ0) is 47.2. The largest absolute Gasteiger partial charge is 0.462 e. The standard InChI is InChI=1S/C59H90O6/c1-4-7-10-13-16-19-22-24-25-26-27-28-29-30-31-32-33-35-37-40-43-46-49-52-58(61)64-55-56(54-63-57(60)51-48-45-42-39-36-21-18-15-12-9-6-3)65-59(62)53-50-47-44-41-38-34-23-20-17-14-11-8-5-2/h7-8,10-11,15-20,24-25,27-28,30-31,33-35,38,40,43-44,47,56H,4-6,9,12-14,21-23,26,29,32,36-37,39,41-42,45-46,48-55H2,1-3H3/b10-7-,11-8-,18-15-,19-16-,20-17-,25-24-,28-27-,31-30-,35-33-,38-34-,43-40-,47-44-. The SMILES string of the molecule is CC/C=C\C/C=C\C/C=C\C/C=C\C/C=C\C/C=C\C/C=C\CCCC(=O)OCC(COC(=O)CCCCCCC/C=C\CCCC)OC(=O)CC/C=C\C/C=C\C/C=C\C/C=C\CC. The van der Waals surface area contributed by atoms with Gasteiger partial charge in [-0.1, -0.05) is 199 Å². The summed E-state index contributed by atoms with van der Waals surface area (Å²) >= 11 is 0. The summed E-state index contributed by atoms with van der Waals surface area (Å²) in [7, 11) is 0. The Morgan fingerprint density at radius 3 is 1.08 bits per heavy atom. The number of esters is 3. The molecular weight excluding hydrogens is 805 g/mol. The van der Waals surface area contributed by atoms with Crippen molar-refractivity contribution in [2.24, 2.45) is 0 Å². The van der Waals surface area contributed by atoms with Crippen LogP contribution in [0.1, 0.15) is 188 Å². The molecule has 0 spiro atoms. The molecule has 0 bridgehead atoms. The van der Waals surface area contributed by atoms with Crippen molar-refractivity contribution in [2.75, 3.05) is 13.2 Å². The van der Waals surface area contributed by atoms with Gasteiger partial charge >= 0.3 is 17.9 Å². The van der Waals surface area contributed by atoms with Crippen LogP contribution in [0.2, 0.25) is 0 Å². The third kappa shape index (κ3) is 50.2. The van der Waals surface area contributed by atoms with Crippen LogP contribution in [0.15, 0.2) is 146 Å². The molecular formula is C59H90O6. The number of allylic oxidation sites excluding steroid dienone is 24. The van der Waals surface area contributed by atoms with Crippen molar-refractivity contribution in [3.8, 4) is 0 Å². The van der Waals surface area contributed by atoms with Crippen molar-refractivity contribution in [1.82, 2.24) is 0 Å². The Morgan fingerprint density at radius 1 is 0.323 bits per heavy atom. The normalized spacial score (nSPS) is 13.3. The lowest BCUT2D eigenvalue weighted by atomic mass is 10.1. The molecule has 0 rings (SSSR count). The van der Waals surface area contributed by atoms with Crippen LogP contribution in [-0.4, -0.2) is 37.2 Å². The third-order valence-electron chi connectivity index (χ3n) is 9.82. The maximum atomic E-state index is 12.7. The van der Waals surface area contributed by atoms with Crippen LogP contribution in [0.5, 0.6) is 0 Å². The van der Waals surface area contributed by atoms with Crippen molar-refractivity contribution in [1.29, 1.82) is 0 Å². The summed E-state index contributed by atoms with van der Waals surface area (Å²) in [6.45, 7) is 6.21. The van der Waals surface area contributed by atoms with Crippen molar-refractivity contribution < 1.29 is 28.6 Å². The number of carbonyl (C=O) groups excluding carboxylic acids is 3. The van der Waals surface area contributed by atoms with Crippen molar-refractivity contribution in [2.45, 2.75) is 194 Å². The van der Waals surface area contributed by atoms with Crippen molar-refractivity contribution in [3.05, 3.63) is 146 Å². The van der Waals surface area contributed by atoms with E-state index in [1.54, 1.807) is 0 Å². The van der Waals surface area contributed by atoms with Crippen molar-refractivity contribution in [3.63, 3.8) is 0 Å². The van der Waals surface area contributed by atoms with E-state index >= 15 is 0 Å². The van der Waals surface area contributed by atoms with Crippen LogP contribution >= 0.6 is 0 Å². The van der Waals surface area contributed by atoms with E-state index in [9.17, 15) is 14.4 Å². The lowest BCUT2D eigenvalue weighted by Gasteiger charge is -2.18. The first-order chi connectivity index (χ1) is 32.0. The number of hydrogen-bond donors (Lipinski definition) is 0. The number of unbranched alkanes of at least 4 members (excludes halogenated alkanes) is 8. The van der Waals surface area contributed by atoms with Crippen molar-refractivity contribution >= 4 is 17.9 Å². The maximum absolute atomic E-state index is 12.7. The van der Waals surface area contributed by atoms with Crippen LogP contribution in [0.4, 0.5) is 0 Å². The Morgan fingerprint density at radius 2 is 0.646 bits per heavy atom. The molecule has 0 fully saturated rings. The molecule has 0 aliphatic carbocycles. The number of hydrogen-bond acceptors (Lipinski definition) is 6. The molecule has 0 aromatic carbocycles. The molecule has 6 nitrogen and oxygen atoms in total. The van der Waals surface area contributed by atoms with Gasteiger partial charge in [-0.25, -0.2) is 0 Å². The highest BCUT2D eigenvalue weighted by Gasteiger charge is 2.19. The smallest absolute Gasteiger partial charge is 0.306 e. The van der Waals surface area contributed by atoms with E-state index in [2.05, 4.69) is 154 Å². The van der Waals surface area contributed by atoms with E-state index in [0.29, 0.717) is 19.3 Å². The van der Waals surface area contributed by atoms with Gasteiger partial charge in [-0.15, -0.1) is 0 Å². The molecule has 1 unspecified atom stereocenters. The summed E-state index contributed by atoms with van der Waals surface area (Å²) in [6, 6.07) is 0. The van der Waals surface area contributed by atoms with Gasteiger partial charge in [0.25, 0.3) is 0 Å². The van der Waals surface area contributed by atoms with E-state index in [1.807, 2.05) is 12.2 Å². The minimum atomic E-state index is -0.848. The summed E-state index contributed by atoms with van der Waals surface area (Å²) in [5.41, 5.74) is 0. The van der Waals surface area contributed by atoms with Gasteiger partial charge in [-0.3, -0.25) is 14.4 Å². The number of rotatable bonds is 43. The summed E-state index contributed by atoms with van der Waals surface area (Å²) in [6.07, 6.45) is 74.3. The molecule has 1 atom stereocenters. The van der Waals surface area contributed by atoms with Gasteiger partial charge in [0.05, 0.1) is 0 Å². The Bertz CT molecular complexity index is 1490. The van der Waals surface area contributed by atoms with E-state index < -0.39 is 12.1 Å². The molecule has 0 saturated carbocycles. The molecule has 0 heterocycles. The topological polar surface area (TPSA) is 78.9 Å². The first-order valence-corrected chi connectivity index (χ1v) is 25.3. The van der Waals surface area contributed by atoms with Gasteiger partial charge in [0.1, 0.15) is 13.2 Å². The molecule has 6 heteroatoms. The second-order valence-corrected chi connectivity index (χ2v) is 16.0. The van der Waals surface area contributed by atoms with Crippen LogP contribution in [0.25, 0.3) is 0 Å². The predicted octanol–water partition coefficient (Wildman–Crippen LogP) is 16.9. The molecule has 0 amide bonds. The molecule has 0 aliphatic heterocycles. The molecule has 65 heavy (non-hydrogen) atoms. The Labute approximate surface area is 397 Å². The van der Waals surface area contributed by atoms with Crippen LogP contribution < -0.4 is 0 Å². The van der Waals surface area contributed by atoms with Crippen LogP contribution in [0, 0.1) is 0 Å². The molecule has 0 aromatic heterocycles. The highest BCUT2D eigenvalue weighted by molar-refractivity contribution is 5.71. The minimum Gasteiger partial charge on any atom is -0.462 e. The second-order valence-electron chi connectivity index (χ2n) is 16.0. The number of carbonyl (C=O) groups is 3. The molecule has 0 N–H and O–H groups in total. The Balaban J connectivity index is 4.54. The Kier molecular flexibility index (Phi) is 48.2. The molecule has 0 saturated heterocycles. The second kappa shape index (κ2) is 51.9. The third-order valence-corrected chi connectivity index (χ3v) is 9.82. The van der Waals surface area contributed by atoms with Gasteiger partial charge in [0.15, 0.2) is 6.10 Å². The lowest BCUT2D eigenvalue weighted by Crippen LogP contribution is -2.30. The van der Waals surface area contributed by atoms with Crippen LogP contribution in [0.3, 0.4) is 0 Å². The monoisotopic (exact) mass is 895 g/mol. The highest BCUT2D eigenvalue weighted by atomic mass is 16.6. The van der Waals surface area contributed by atoms with Gasteiger partial charge in [-0.2, -0.15) is 0 Å². The molecule has 0 radical (unpaired) electrons. The molecule has 0 aromatic rings. The average molecular weight is 895 g/mol. The first kappa shape index (κ1) is 60.3. The quantitative estimate of drug-likeness (QED) is 0.0263. The Hall–Kier alpha value is -4.71. The zero-order valence-corrected chi connectivity index (χ0v) is 41.2. The van der Waals surface area contributed by atoms with Gasteiger partial charge in [-0.05, 0) is 116 Å². The fourth-order valence-corrected chi connectivity index (χ4v) is 6.07. The van der Waals surface area contributed by atoms with E-state index in [4.69, 9.17) is 14.2 Å². The van der Waals surface area contributed by atoms with E-state index in [0.717, 1.165) is 116 Å². The molecule has 0 aliphatic rings. The molecule has 362 valence electrons. The minimum absolute atomic E-state index is 0.135. The summed E-state index contributed by atoms with van der Waals surface area (Å²) in [5.74, 6) is -1.10. The summed E-state index contributed by atoms with van der Waals surface area (Å²) < 4.78 is 16.6. The van der Waals surface area contributed by atoms with E-state index in [-0.39, 0.29) is 38.0 Å². The first-order valence-electron chi connectivity index (χ1n) is 25.3.